The Morgan fingerprint density at radius 3 is 2.57 bits per heavy atom. The highest BCUT2D eigenvalue weighted by Crippen LogP contribution is 2.29. The van der Waals surface area contributed by atoms with Gasteiger partial charge in [0.2, 0.25) is 5.88 Å². The summed E-state index contributed by atoms with van der Waals surface area (Å²) in [5.74, 6) is -1.44. The summed E-state index contributed by atoms with van der Waals surface area (Å²) in [7, 11) is 0. The van der Waals surface area contributed by atoms with Crippen molar-refractivity contribution < 1.29 is 13.9 Å². The Labute approximate surface area is 158 Å². The molecule has 1 aromatic carbocycles. The van der Waals surface area contributed by atoms with Crippen molar-refractivity contribution in [2.75, 3.05) is 0 Å². The Kier molecular flexibility index (Phi) is 3.61. The number of pyridine rings is 2. The molecule has 28 heavy (non-hydrogen) atoms. The molecule has 0 spiro atoms. The van der Waals surface area contributed by atoms with Crippen LogP contribution in [0.25, 0.3) is 27.8 Å². The third-order valence-corrected chi connectivity index (χ3v) is 4.82. The molecule has 0 saturated heterocycles. The summed E-state index contributed by atoms with van der Waals surface area (Å²) in [6, 6.07) is 11.4. The molecular weight excluding hydrogens is 362 g/mol. The second-order valence-corrected chi connectivity index (χ2v) is 6.50. The highest BCUT2D eigenvalue weighted by Gasteiger charge is 2.17. The maximum absolute atomic E-state index is 14.8. The quantitative estimate of drug-likeness (QED) is 0.508. The van der Waals surface area contributed by atoms with Gasteiger partial charge in [-0.3, -0.25) is 9.38 Å². The summed E-state index contributed by atoms with van der Waals surface area (Å²) in [4.78, 5) is 8.34. The van der Waals surface area contributed by atoms with E-state index in [-0.39, 0.29) is 18.0 Å². The van der Waals surface area contributed by atoms with E-state index in [1.165, 1.54) is 16.7 Å². The number of rotatable bonds is 3. The first-order valence-electron chi connectivity index (χ1n) is 8.65. The number of aromatic hydroxyl groups is 1. The van der Waals surface area contributed by atoms with Crippen molar-refractivity contribution in [3.8, 4) is 17.1 Å². The number of aromatic nitrogens is 4. The molecule has 138 valence electrons. The van der Waals surface area contributed by atoms with Gasteiger partial charge in [-0.1, -0.05) is 6.07 Å². The number of benzene rings is 1. The highest BCUT2D eigenvalue weighted by atomic mass is 19.1. The molecule has 0 fully saturated rings. The zero-order chi connectivity index (χ0) is 19.3. The number of nitrogens with zero attached hydrogens (tertiary/aromatic N) is 4. The summed E-state index contributed by atoms with van der Waals surface area (Å²) < 4.78 is 32.8. The Balaban J connectivity index is 1.58. The SMILES string of the molecule is Oc1c2cccnc2cn1Cc1c(F)cc(-c2cccc3nccn23)cc1F. The third kappa shape index (κ3) is 2.51. The maximum Gasteiger partial charge on any atom is 0.201 e. The van der Waals surface area contributed by atoms with E-state index in [0.717, 1.165) is 0 Å². The van der Waals surface area contributed by atoms with Crippen molar-refractivity contribution >= 4 is 16.6 Å². The Hall–Kier alpha value is -3.74. The van der Waals surface area contributed by atoms with Crippen LogP contribution in [-0.4, -0.2) is 24.0 Å². The molecule has 5 aromatic rings. The molecule has 0 bridgehead atoms. The van der Waals surface area contributed by atoms with Crippen LogP contribution in [-0.2, 0) is 6.54 Å². The van der Waals surface area contributed by atoms with Crippen LogP contribution >= 0.6 is 0 Å². The monoisotopic (exact) mass is 376 g/mol. The maximum atomic E-state index is 14.8. The fourth-order valence-corrected chi connectivity index (χ4v) is 3.45. The second-order valence-electron chi connectivity index (χ2n) is 6.50. The lowest BCUT2D eigenvalue weighted by Gasteiger charge is -2.11. The van der Waals surface area contributed by atoms with Gasteiger partial charge in [-0.2, -0.15) is 0 Å². The number of halogens is 2. The number of hydrogen-bond donors (Lipinski definition) is 1. The van der Waals surface area contributed by atoms with Crippen LogP contribution < -0.4 is 0 Å². The van der Waals surface area contributed by atoms with E-state index in [2.05, 4.69) is 9.97 Å². The normalized spacial score (nSPS) is 11.5. The van der Waals surface area contributed by atoms with Crippen molar-refractivity contribution in [3.63, 3.8) is 0 Å². The topological polar surface area (TPSA) is 55.4 Å². The van der Waals surface area contributed by atoms with Gasteiger partial charge in [-0.15, -0.1) is 0 Å². The van der Waals surface area contributed by atoms with E-state index in [1.54, 1.807) is 53.5 Å². The van der Waals surface area contributed by atoms with Gasteiger partial charge in [0, 0.05) is 35.9 Å². The lowest BCUT2D eigenvalue weighted by molar-refractivity contribution is 0.425. The molecule has 5 nitrogen and oxygen atoms in total. The largest absolute Gasteiger partial charge is 0.494 e. The third-order valence-electron chi connectivity index (χ3n) is 4.82. The van der Waals surface area contributed by atoms with Crippen molar-refractivity contribution in [2.24, 2.45) is 0 Å². The minimum absolute atomic E-state index is 0.0749. The molecule has 5 rings (SSSR count). The summed E-state index contributed by atoms with van der Waals surface area (Å²) in [5.41, 5.74) is 2.17. The average Bonchev–Trinajstić information content (AvgIpc) is 3.29. The molecule has 7 heteroatoms. The van der Waals surface area contributed by atoms with Gasteiger partial charge < -0.3 is 9.67 Å². The zero-order valence-electron chi connectivity index (χ0n) is 14.5. The molecule has 0 atom stereocenters. The molecule has 0 radical (unpaired) electrons. The van der Waals surface area contributed by atoms with Gasteiger partial charge >= 0.3 is 0 Å². The number of imidazole rings is 1. The molecule has 0 aliphatic carbocycles. The smallest absolute Gasteiger partial charge is 0.201 e. The molecule has 4 aromatic heterocycles. The van der Waals surface area contributed by atoms with Crippen LogP contribution in [0.5, 0.6) is 5.88 Å². The van der Waals surface area contributed by atoms with Crippen LogP contribution in [0.15, 0.2) is 67.3 Å². The predicted molar refractivity (Wildman–Crippen MR) is 101 cm³/mol. The van der Waals surface area contributed by atoms with Crippen molar-refractivity contribution in [1.29, 1.82) is 0 Å². The van der Waals surface area contributed by atoms with Crippen LogP contribution in [0, 0.1) is 11.6 Å². The summed E-state index contributed by atoms with van der Waals surface area (Å²) in [6.07, 6.45) is 6.54. The molecule has 0 unspecified atom stereocenters. The van der Waals surface area contributed by atoms with E-state index < -0.39 is 11.6 Å². The van der Waals surface area contributed by atoms with Crippen LogP contribution in [0.1, 0.15) is 5.56 Å². The van der Waals surface area contributed by atoms with E-state index in [9.17, 15) is 13.9 Å². The summed E-state index contributed by atoms with van der Waals surface area (Å²) in [6.45, 7) is -0.143. The number of fused-ring (bicyclic) bond motifs is 2. The molecule has 0 aliphatic heterocycles. The van der Waals surface area contributed by atoms with Crippen molar-refractivity contribution in [3.05, 3.63) is 84.4 Å². The van der Waals surface area contributed by atoms with Gasteiger partial charge in [0.15, 0.2) is 0 Å². The molecular formula is C21H14F2N4O. The Morgan fingerprint density at radius 1 is 0.964 bits per heavy atom. The standard InChI is InChI=1S/C21H14F2N4O/c22-16-9-13(19-4-1-5-20-25-7-8-27(19)20)10-17(23)15(16)11-26-12-18-14(21(26)28)3-2-6-24-18/h1-10,12,28H,11H2. The van der Waals surface area contributed by atoms with Crippen LogP contribution in [0.2, 0.25) is 0 Å². The first-order valence-corrected chi connectivity index (χ1v) is 8.65. The number of hydrogen-bond acceptors (Lipinski definition) is 3. The summed E-state index contributed by atoms with van der Waals surface area (Å²) in [5, 5.41) is 10.9. The lowest BCUT2D eigenvalue weighted by Crippen LogP contribution is -2.04. The molecule has 0 aliphatic rings. The van der Waals surface area contributed by atoms with Crippen molar-refractivity contribution in [1.82, 2.24) is 18.9 Å². The molecule has 1 N–H and O–H groups in total. The van der Waals surface area contributed by atoms with Gasteiger partial charge in [-0.25, -0.2) is 13.8 Å². The van der Waals surface area contributed by atoms with E-state index in [0.29, 0.717) is 27.8 Å². The Morgan fingerprint density at radius 2 is 1.79 bits per heavy atom. The van der Waals surface area contributed by atoms with Gasteiger partial charge in [-0.05, 0) is 36.4 Å². The fraction of sp³-hybridized carbons (Fsp3) is 0.0476. The van der Waals surface area contributed by atoms with Crippen molar-refractivity contribution in [2.45, 2.75) is 6.54 Å². The predicted octanol–water partition coefficient (Wildman–Crippen LogP) is 4.38. The van der Waals surface area contributed by atoms with E-state index in [4.69, 9.17) is 0 Å². The lowest BCUT2D eigenvalue weighted by atomic mass is 10.1. The minimum Gasteiger partial charge on any atom is -0.494 e. The first kappa shape index (κ1) is 16.4. The first-order chi connectivity index (χ1) is 13.6. The van der Waals surface area contributed by atoms with Crippen LogP contribution in [0.4, 0.5) is 8.78 Å². The van der Waals surface area contributed by atoms with E-state index in [1.807, 2.05) is 6.07 Å². The van der Waals surface area contributed by atoms with Gasteiger partial charge in [0.25, 0.3) is 0 Å². The summed E-state index contributed by atoms with van der Waals surface area (Å²) >= 11 is 0. The molecule has 4 heterocycles. The van der Waals surface area contributed by atoms with Crippen LogP contribution in [0.3, 0.4) is 0 Å². The van der Waals surface area contributed by atoms with E-state index >= 15 is 0 Å². The average molecular weight is 376 g/mol. The molecule has 0 amide bonds. The molecule has 0 saturated carbocycles. The zero-order valence-corrected chi connectivity index (χ0v) is 14.5. The fourth-order valence-electron chi connectivity index (χ4n) is 3.45. The minimum atomic E-state index is -0.683. The Bertz CT molecular complexity index is 1320. The second kappa shape index (κ2) is 6.16. The highest BCUT2D eigenvalue weighted by molar-refractivity contribution is 5.84. The van der Waals surface area contributed by atoms with Gasteiger partial charge in [0.05, 0.1) is 23.1 Å². The van der Waals surface area contributed by atoms with Gasteiger partial charge in [0.1, 0.15) is 17.3 Å².